The maximum absolute atomic E-state index is 12.3. The highest BCUT2D eigenvalue weighted by Gasteiger charge is 2.35. The Labute approximate surface area is 182 Å². The predicted molar refractivity (Wildman–Crippen MR) is 118 cm³/mol. The fraction of sp³-hybridized carbons (Fsp3) is 0.909. The van der Waals surface area contributed by atoms with Gasteiger partial charge in [0, 0.05) is 0 Å². The fourth-order valence-corrected chi connectivity index (χ4v) is 4.56. The third kappa shape index (κ3) is 12.5. The van der Waals surface area contributed by atoms with Crippen LogP contribution in [0.25, 0.3) is 0 Å². The van der Waals surface area contributed by atoms with Gasteiger partial charge < -0.3 is 9.84 Å². The lowest BCUT2D eigenvalue weighted by molar-refractivity contribution is -0.148. The van der Waals surface area contributed by atoms with Crippen LogP contribution in [0.2, 0.25) is 0 Å². The van der Waals surface area contributed by atoms with Gasteiger partial charge in [-0.3, -0.25) is 14.1 Å². The summed E-state index contributed by atoms with van der Waals surface area (Å²) in [5, 5.41) is 6.77. The summed E-state index contributed by atoms with van der Waals surface area (Å²) in [6, 6.07) is 0. The minimum atomic E-state index is -4.84. The van der Waals surface area contributed by atoms with E-state index < -0.39 is 33.7 Å². The molecule has 0 saturated carbocycles. The molecular formula is C22H42O7S. The van der Waals surface area contributed by atoms with Crippen LogP contribution in [0.5, 0.6) is 0 Å². The first kappa shape index (κ1) is 28.9. The second-order valence-electron chi connectivity index (χ2n) is 8.40. The largest absolute Gasteiger partial charge is 0.481 e. The molecule has 3 unspecified atom stereocenters. The Bertz CT molecular complexity index is 570. The number of carbonyl (C=O) groups excluding carboxylic acids is 1. The summed E-state index contributed by atoms with van der Waals surface area (Å²) >= 11 is 0. The lowest BCUT2D eigenvalue weighted by Crippen LogP contribution is -2.35. The molecule has 3 atom stereocenters. The molecule has 8 heteroatoms. The Morgan fingerprint density at radius 1 is 0.867 bits per heavy atom. The van der Waals surface area contributed by atoms with Gasteiger partial charge in [0.25, 0.3) is 10.1 Å². The van der Waals surface area contributed by atoms with Crippen molar-refractivity contribution in [3.05, 3.63) is 0 Å². The van der Waals surface area contributed by atoms with Crippen molar-refractivity contribution in [1.82, 2.24) is 0 Å². The van der Waals surface area contributed by atoms with E-state index in [1.807, 2.05) is 0 Å². The van der Waals surface area contributed by atoms with Gasteiger partial charge in [0.1, 0.15) is 0 Å². The molecule has 0 amide bonds. The van der Waals surface area contributed by atoms with Crippen LogP contribution in [0, 0.1) is 17.8 Å². The third-order valence-electron chi connectivity index (χ3n) is 5.86. The van der Waals surface area contributed by atoms with Gasteiger partial charge >= 0.3 is 11.9 Å². The van der Waals surface area contributed by atoms with E-state index >= 15 is 0 Å². The number of unbranched alkanes of at least 4 members (excludes halogenated alkanes) is 2. The zero-order chi connectivity index (χ0) is 23.2. The van der Waals surface area contributed by atoms with Crippen molar-refractivity contribution in [3.8, 4) is 0 Å². The normalized spacial score (nSPS) is 15.9. The lowest BCUT2D eigenvalue weighted by Gasteiger charge is -2.27. The summed E-state index contributed by atoms with van der Waals surface area (Å²) in [6.07, 6.45) is 9.57. The molecule has 0 spiro atoms. The zero-order valence-electron chi connectivity index (χ0n) is 19.1. The topological polar surface area (TPSA) is 118 Å². The summed E-state index contributed by atoms with van der Waals surface area (Å²) in [4.78, 5) is 23.1. The van der Waals surface area contributed by atoms with Gasteiger partial charge in [0.2, 0.25) is 0 Å². The van der Waals surface area contributed by atoms with Gasteiger partial charge in [0.15, 0.2) is 5.25 Å². The number of carboxylic acid groups (broad SMARTS) is 1. The van der Waals surface area contributed by atoms with E-state index in [0.29, 0.717) is 11.8 Å². The van der Waals surface area contributed by atoms with Gasteiger partial charge in [-0.05, 0) is 30.6 Å². The molecule has 0 saturated heterocycles. The van der Waals surface area contributed by atoms with Crippen LogP contribution in [-0.4, -0.2) is 41.9 Å². The summed E-state index contributed by atoms with van der Waals surface area (Å²) in [6.45, 7) is 8.66. The van der Waals surface area contributed by atoms with E-state index in [9.17, 15) is 22.6 Å². The minimum Gasteiger partial charge on any atom is -0.481 e. The van der Waals surface area contributed by atoms with Gasteiger partial charge in [-0.25, -0.2) is 0 Å². The van der Waals surface area contributed by atoms with Crippen molar-refractivity contribution in [2.75, 3.05) is 6.61 Å². The number of rotatable bonds is 18. The Kier molecular flexibility index (Phi) is 15.0. The highest BCUT2D eigenvalue weighted by molar-refractivity contribution is 7.87. The van der Waals surface area contributed by atoms with E-state index in [1.54, 1.807) is 0 Å². The average Bonchev–Trinajstić information content (AvgIpc) is 2.68. The van der Waals surface area contributed by atoms with Crippen molar-refractivity contribution in [2.24, 2.45) is 17.8 Å². The molecule has 0 heterocycles. The highest BCUT2D eigenvalue weighted by atomic mass is 32.2. The molecule has 0 aliphatic heterocycles. The summed E-state index contributed by atoms with van der Waals surface area (Å²) in [5.41, 5.74) is 0. The van der Waals surface area contributed by atoms with E-state index in [2.05, 4.69) is 27.7 Å². The SMILES string of the molecule is CCCCC(CC)CC(COC(=O)C(CC(=O)O)S(=O)(=O)O)CC(CC)CCCC. The standard InChI is InChI=1S/C22H42O7S/c1-5-9-11-17(7-3)13-19(14-18(8-4)12-10-6-2)16-29-22(25)20(15-21(23)24)30(26,27)28/h17-20H,5-16H2,1-4H3,(H,23,24)(H,26,27,28). The molecule has 0 radical (unpaired) electrons. The van der Waals surface area contributed by atoms with Crippen molar-refractivity contribution in [3.63, 3.8) is 0 Å². The Balaban J connectivity index is 5.23. The predicted octanol–water partition coefficient (Wildman–Crippen LogP) is 5.09. The van der Waals surface area contributed by atoms with Crippen LogP contribution in [0.4, 0.5) is 0 Å². The smallest absolute Gasteiger partial charge is 0.327 e. The summed E-state index contributed by atoms with van der Waals surface area (Å²) in [7, 11) is -4.84. The number of hydrogen-bond donors (Lipinski definition) is 2. The molecule has 0 bridgehead atoms. The second kappa shape index (κ2) is 15.6. The molecule has 0 aromatic heterocycles. The average molecular weight is 451 g/mol. The first-order chi connectivity index (χ1) is 14.1. The monoisotopic (exact) mass is 450 g/mol. The van der Waals surface area contributed by atoms with Crippen LogP contribution >= 0.6 is 0 Å². The van der Waals surface area contributed by atoms with Crippen molar-refractivity contribution >= 4 is 22.1 Å². The maximum atomic E-state index is 12.3. The Hall–Kier alpha value is -1.15. The number of hydrogen-bond acceptors (Lipinski definition) is 5. The lowest BCUT2D eigenvalue weighted by atomic mass is 9.82. The molecule has 0 fully saturated rings. The number of esters is 1. The molecule has 2 N–H and O–H groups in total. The molecule has 0 aromatic rings. The first-order valence-corrected chi connectivity index (χ1v) is 12.9. The van der Waals surface area contributed by atoms with Crippen molar-refractivity contribution in [1.29, 1.82) is 0 Å². The van der Waals surface area contributed by atoms with Crippen LogP contribution in [-0.2, 0) is 24.4 Å². The zero-order valence-corrected chi connectivity index (χ0v) is 20.0. The van der Waals surface area contributed by atoms with E-state index in [-0.39, 0.29) is 12.5 Å². The minimum absolute atomic E-state index is 0.0513. The van der Waals surface area contributed by atoms with Gasteiger partial charge in [0.05, 0.1) is 13.0 Å². The van der Waals surface area contributed by atoms with Crippen molar-refractivity contribution in [2.45, 2.75) is 104 Å². The highest BCUT2D eigenvalue weighted by Crippen LogP contribution is 2.29. The van der Waals surface area contributed by atoms with E-state index in [1.165, 1.54) is 0 Å². The van der Waals surface area contributed by atoms with Gasteiger partial charge in [-0.1, -0.05) is 79.1 Å². The number of carboxylic acids is 1. The molecule has 0 aliphatic rings. The van der Waals surface area contributed by atoms with E-state index in [0.717, 1.165) is 64.2 Å². The molecule has 30 heavy (non-hydrogen) atoms. The molecular weight excluding hydrogens is 408 g/mol. The Morgan fingerprint density at radius 2 is 1.33 bits per heavy atom. The maximum Gasteiger partial charge on any atom is 0.327 e. The Morgan fingerprint density at radius 3 is 1.67 bits per heavy atom. The second-order valence-corrected chi connectivity index (χ2v) is 10.0. The van der Waals surface area contributed by atoms with Crippen LogP contribution < -0.4 is 0 Å². The third-order valence-corrected chi connectivity index (χ3v) is 6.94. The molecule has 0 aromatic carbocycles. The quantitative estimate of drug-likeness (QED) is 0.220. The van der Waals surface area contributed by atoms with Crippen molar-refractivity contribution < 1.29 is 32.4 Å². The number of ether oxygens (including phenoxy) is 1. The fourth-order valence-electron chi connectivity index (χ4n) is 3.90. The molecule has 7 nitrogen and oxygen atoms in total. The first-order valence-electron chi connectivity index (χ1n) is 11.4. The van der Waals surface area contributed by atoms with Crippen LogP contribution in [0.1, 0.15) is 98.3 Å². The molecule has 0 aliphatic carbocycles. The summed E-state index contributed by atoms with van der Waals surface area (Å²) in [5.74, 6) is -1.57. The molecule has 0 rings (SSSR count). The molecule has 178 valence electrons. The van der Waals surface area contributed by atoms with Gasteiger partial charge in [-0.2, -0.15) is 8.42 Å². The number of carbonyl (C=O) groups is 2. The number of aliphatic carboxylic acids is 1. The summed E-state index contributed by atoms with van der Waals surface area (Å²) < 4.78 is 37.3. The van der Waals surface area contributed by atoms with E-state index in [4.69, 9.17) is 9.84 Å². The van der Waals surface area contributed by atoms with Crippen LogP contribution in [0.15, 0.2) is 0 Å². The van der Waals surface area contributed by atoms with Crippen LogP contribution in [0.3, 0.4) is 0 Å². The van der Waals surface area contributed by atoms with Gasteiger partial charge in [-0.15, -0.1) is 0 Å².